The van der Waals surface area contributed by atoms with E-state index in [1.807, 2.05) is 0 Å². The molecule has 0 saturated carbocycles. The van der Waals surface area contributed by atoms with E-state index in [4.69, 9.17) is 0 Å². The van der Waals surface area contributed by atoms with Crippen molar-refractivity contribution in [2.24, 2.45) is 5.41 Å². The standard InChI is InChI=1S/C12H17BrN2S.ClH/c13-11-5-10(7-16-11)6-15-4-2-12(9-15)1-3-14-8-12;/h5,7,14H,1-4,6,8-9H2;1H. The second kappa shape index (κ2) is 5.57. The van der Waals surface area contributed by atoms with Crippen molar-refractivity contribution in [3.8, 4) is 0 Å². The minimum absolute atomic E-state index is 0. The maximum atomic E-state index is 3.53. The van der Waals surface area contributed by atoms with Gasteiger partial charge in [0, 0.05) is 19.6 Å². The molecule has 5 heteroatoms. The molecule has 17 heavy (non-hydrogen) atoms. The summed E-state index contributed by atoms with van der Waals surface area (Å²) in [5, 5.41) is 5.78. The highest BCUT2D eigenvalue weighted by molar-refractivity contribution is 9.11. The van der Waals surface area contributed by atoms with Crippen LogP contribution in [0.2, 0.25) is 0 Å². The molecule has 96 valence electrons. The van der Waals surface area contributed by atoms with E-state index in [0.717, 1.165) is 6.54 Å². The quantitative estimate of drug-likeness (QED) is 0.892. The molecule has 2 fully saturated rings. The zero-order valence-electron chi connectivity index (χ0n) is 9.75. The van der Waals surface area contributed by atoms with Gasteiger partial charge in [-0.2, -0.15) is 0 Å². The minimum Gasteiger partial charge on any atom is -0.316 e. The van der Waals surface area contributed by atoms with E-state index in [2.05, 4.69) is 37.6 Å². The summed E-state index contributed by atoms with van der Waals surface area (Å²) < 4.78 is 1.25. The van der Waals surface area contributed by atoms with Crippen LogP contribution in [0.3, 0.4) is 0 Å². The van der Waals surface area contributed by atoms with Gasteiger partial charge in [-0.3, -0.25) is 4.90 Å². The number of hydrogen-bond donors (Lipinski definition) is 1. The molecular formula is C12H18BrClN2S. The Balaban J connectivity index is 0.00000108. The summed E-state index contributed by atoms with van der Waals surface area (Å²) in [5.74, 6) is 0. The molecule has 1 aromatic heterocycles. The van der Waals surface area contributed by atoms with Crippen molar-refractivity contribution >= 4 is 39.7 Å². The fourth-order valence-corrected chi connectivity index (χ4v) is 4.19. The largest absolute Gasteiger partial charge is 0.316 e. The lowest BCUT2D eigenvalue weighted by molar-refractivity contribution is 0.269. The zero-order valence-corrected chi connectivity index (χ0v) is 13.0. The Kier molecular flexibility index (Phi) is 4.53. The molecule has 2 aliphatic heterocycles. The smallest absolute Gasteiger partial charge is 0.0701 e. The summed E-state index contributed by atoms with van der Waals surface area (Å²) in [6, 6.07) is 2.25. The van der Waals surface area contributed by atoms with E-state index in [1.54, 1.807) is 11.3 Å². The van der Waals surface area contributed by atoms with Crippen molar-refractivity contribution in [1.82, 2.24) is 10.2 Å². The monoisotopic (exact) mass is 336 g/mol. The third kappa shape index (κ3) is 3.04. The SMILES string of the molecule is Brc1cc(CN2CCC3(CCNC3)C2)cs1.Cl. The average molecular weight is 338 g/mol. The molecule has 0 radical (unpaired) electrons. The van der Waals surface area contributed by atoms with Crippen LogP contribution in [0.1, 0.15) is 18.4 Å². The Morgan fingerprint density at radius 3 is 3.00 bits per heavy atom. The molecule has 0 aliphatic carbocycles. The fourth-order valence-electron chi connectivity index (χ4n) is 2.99. The third-order valence-electron chi connectivity index (χ3n) is 3.88. The highest BCUT2D eigenvalue weighted by Crippen LogP contribution is 2.36. The summed E-state index contributed by atoms with van der Waals surface area (Å²) in [6.45, 7) is 6.14. The number of rotatable bonds is 2. The molecule has 0 aromatic carbocycles. The van der Waals surface area contributed by atoms with Crippen LogP contribution in [-0.4, -0.2) is 31.1 Å². The number of thiophene rings is 1. The van der Waals surface area contributed by atoms with Gasteiger partial charge in [0.05, 0.1) is 3.79 Å². The molecule has 0 bridgehead atoms. The lowest BCUT2D eigenvalue weighted by atomic mass is 9.87. The summed E-state index contributed by atoms with van der Waals surface area (Å²) in [4.78, 5) is 2.61. The van der Waals surface area contributed by atoms with Gasteiger partial charge in [-0.25, -0.2) is 0 Å². The second-order valence-corrected chi connectivity index (χ2v) is 7.44. The van der Waals surface area contributed by atoms with Gasteiger partial charge in [0.1, 0.15) is 0 Å². The maximum Gasteiger partial charge on any atom is 0.0701 e. The van der Waals surface area contributed by atoms with E-state index in [1.165, 1.54) is 48.4 Å². The Morgan fingerprint density at radius 2 is 2.35 bits per heavy atom. The topological polar surface area (TPSA) is 15.3 Å². The molecule has 3 heterocycles. The lowest BCUT2D eigenvalue weighted by Gasteiger charge is -2.22. The Labute approximate surface area is 121 Å². The van der Waals surface area contributed by atoms with Crippen LogP contribution in [0.25, 0.3) is 0 Å². The lowest BCUT2D eigenvalue weighted by Crippen LogP contribution is -2.28. The predicted octanol–water partition coefficient (Wildman–Crippen LogP) is 3.12. The summed E-state index contributed by atoms with van der Waals surface area (Å²) >= 11 is 5.32. The molecule has 3 rings (SSSR count). The minimum atomic E-state index is 0. The number of nitrogens with one attached hydrogen (secondary N) is 1. The molecule has 2 nitrogen and oxygen atoms in total. The highest BCUT2D eigenvalue weighted by atomic mass is 79.9. The predicted molar refractivity (Wildman–Crippen MR) is 79.1 cm³/mol. The molecule has 1 atom stereocenters. The summed E-state index contributed by atoms with van der Waals surface area (Å²) in [6.07, 6.45) is 2.75. The van der Waals surface area contributed by atoms with Gasteiger partial charge < -0.3 is 5.32 Å². The first-order valence-electron chi connectivity index (χ1n) is 5.92. The van der Waals surface area contributed by atoms with Crippen molar-refractivity contribution in [2.45, 2.75) is 19.4 Å². The van der Waals surface area contributed by atoms with Gasteiger partial charge in [0.15, 0.2) is 0 Å². The highest BCUT2D eigenvalue weighted by Gasteiger charge is 2.39. The molecule has 1 aromatic rings. The van der Waals surface area contributed by atoms with Gasteiger partial charge in [-0.05, 0) is 64.3 Å². The molecule has 2 saturated heterocycles. The first-order valence-corrected chi connectivity index (χ1v) is 7.59. The van der Waals surface area contributed by atoms with E-state index in [-0.39, 0.29) is 12.4 Å². The van der Waals surface area contributed by atoms with Crippen molar-refractivity contribution < 1.29 is 0 Å². The van der Waals surface area contributed by atoms with Gasteiger partial charge in [-0.1, -0.05) is 0 Å². The van der Waals surface area contributed by atoms with Gasteiger partial charge in [0.25, 0.3) is 0 Å². The van der Waals surface area contributed by atoms with Crippen LogP contribution >= 0.6 is 39.7 Å². The Bertz CT molecular complexity index is 376. The van der Waals surface area contributed by atoms with Gasteiger partial charge in [0.2, 0.25) is 0 Å². The van der Waals surface area contributed by atoms with Crippen LogP contribution in [0.4, 0.5) is 0 Å². The second-order valence-electron chi connectivity index (χ2n) is 5.15. The molecule has 2 aliphatic rings. The zero-order chi connectivity index (χ0) is 11.0. The maximum absolute atomic E-state index is 3.53. The number of hydrogen-bond acceptors (Lipinski definition) is 3. The van der Waals surface area contributed by atoms with Crippen LogP contribution in [-0.2, 0) is 6.54 Å². The van der Waals surface area contributed by atoms with E-state index in [0.29, 0.717) is 5.41 Å². The molecule has 1 N–H and O–H groups in total. The first kappa shape index (κ1) is 13.8. The van der Waals surface area contributed by atoms with Crippen molar-refractivity contribution in [1.29, 1.82) is 0 Å². The average Bonchev–Trinajstić information content (AvgIpc) is 2.94. The van der Waals surface area contributed by atoms with E-state index < -0.39 is 0 Å². The molecule has 0 amide bonds. The number of halogens is 2. The number of likely N-dealkylation sites (tertiary alicyclic amines) is 1. The molecule has 1 unspecified atom stereocenters. The fraction of sp³-hybridized carbons (Fsp3) is 0.667. The van der Waals surface area contributed by atoms with Crippen molar-refractivity contribution in [3.05, 3.63) is 20.8 Å². The Morgan fingerprint density at radius 1 is 1.47 bits per heavy atom. The third-order valence-corrected chi connectivity index (χ3v) is 5.43. The molecular weight excluding hydrogens is 320 g/mol. The summed E-state index contributed by atoms with van der Waals surface area (Å²) in [5.41, 5.74) is 2.06. The van der Waals surface area contributed by atoms with Crippen LogP contribution < -0.4 is 5.32 Å². The molecule has 1 spiro atoms. The summed E-state index contributed by atoms with van der Waals surface area (Å²) in [7, 11) is 0. The van der Waals surface area contributed by atoms with Crippen molar-refractivity contribution in [2.75, 3.05) is 26.2 Å². The van der Waals surface area contributed by atoms with Crippen molar-refractivity contribution in [3.63, 3.8) is 0 Å². The first-order chi connectivity index (χ1) is 7.76. The van der Waals surface area contributed by atoms with E-state index in [9.17, 15) is 0 Å². The Hall–Kier alpha value is 0.390. The van der Waals surface area contributed by atoms with Gasteiger partial charge in [-0.15, -0.1) is 23.7 Å². The van der Waals surface area contributed by atoms with Crippen LogP contribution in [0.15, 0.2) is 15.2 Å². The van der Waals surface area contributed by atoms with Gasteiger partial charge >= 0.3 is 0 Å². The van der Waals surface area contributed by atoms with Crippen LogP contribution in [0.5, 0.6) is 0 Å². The van der Waals surface area contributed by atoms with E-state index >= 15 is 0 Å². The van der Waals surface area contributed by atoms with Crippen LogP contribution in [0, 0.1) is 5.41 Å². The number of nitrogens with zero attached hydrogens (tertiary/aromatic N) is 1. The normalized spacial score (nSPS) is 28.8.